The highest BCUT2D eigenvalue weighted by Crippen LogP contribution is 2.34. The number of ether oxygens (including phenoxy) is 2. The third kappa shape index (κ3) is 6.03. The molecule has 2 atom stereocenters. The second-order valence-electron chi connectivity index (χ2n) is 8.15. The highest BCUT2D eigenvalue weighted by Gasteiger charge is 2.20. The number of aromatic nitrogens is 4. The maximum absolute atomic E-state index is 14.5. The van der Waals surface area contributed by atoms with Crippen molar-refractivity contribution in [3.63, 3.8) is 0 Å². The first-order valence-corrected chi connectivity index (χ1v) is 11.5. The van der Waals surface area contributed by atoms with Gasteiger partial charge in [0.05, 0.1) is 12.4 Å². The van der Waals surface area contributed by atoms with Gasteiger partial charge >= 0.3 is 0 Å². The zero-order chi connectivity index (χ0) is 30.1. The minimum atomic E-state index is -3.21. The Balaban J connectivity index is 1.76. The van der Waals surface area contributed by atoms with Crippen LogP contribution in [-0.4, -0.2) is 38.6 Å². The van der Waals surface area contributed by atoms with E-state index in [0.717, 1.165) is 24.6 Å². The number of hydrogen-bond acceptors (Lipinski definition) is 6. The van der Waals surface area contributed by atoms with Crippen LogP contribution in [0.4, 0.5) is 8.78 Å². The molecule has 0 aliphatic heterocycles. The summed E-state index contributed by atoms with van der Waals surface area (Å²) in [6, 6.07) is 5.90. The number of para-hydroxylation sites is 1. The van der Waals surface area contributed by atoms with Gasteiger partial charge in [0.25, 0.3) is 0 Å². The fourth-order valence-electron chi connectivity index (χ4n) is 3.75. The Labute approximate surface area is 223 Å². The summed E-state index contributed by atoms with van der Waals surface area (Å²) in [4.78, 5) is 21.4. The molecular weight excluding hydrogens is 504 g/mol. The Hall–Kier alpha value is -3.63. The Morgan fingerprint density at radius 1 is 1.35 bits per heavy atom. The number of benzene rings is 2. The van der Waals surface area contributed by atoms with Crippen LogP contribution < -0.4 is 10.1 Å². The van der Waals surface area contributed by atoms with E-state index >= 15 is 0 Å². The fourth-order valence-corrected chi connectivity index (χ4v) is 4.01. The molecule has 0 aliphatic rings. The van der Waals surface area contributed by atoms with Crippen molar-refractivity contribution in [2.24, 2.45) is 7.05 Å². The van der Waals surface area contributed by atoms with Crippen LogP contribution in [0.25, 0.3) is 22.3 Å². The molecule has 1 amide bonds. The largest absolute Gasteiger partial charge is 0.487 e. The summed E-state index contributed by atoms with van der Waals surface area (Å²) in [6.07, 6.45) is -0.385. The smallest absolute Gasteiger partial charge is 0.246 e. The lowest BCUT2D eigenvalue weighted by Crippen LogP contribution is -2.31. The minimum absolute atomic E-state index is 0.0579. The number of aryl methyl sites for hydroxylation is 2. The van der Waals surface area contributed by atoms with Gasteiger partial charge in [-0.2, -0.15) is 5.10 Å². The van der Waals surface area contributed by atoms with E-state index in [4.69, 9.17) is 21.8 Å². The van der Waals surface area contributed by atoms with Gasteiger partial charge in [-0.05, 0) is 50.5 Å². The van der Waals surface area contributed by atoms with Crippen molar-refractivity contribution in [1.29, 1.82) is 0 Å². The van der Waals surface area contributed by atoms with Crippen molar-refractivity contribution < 1.29 is 28.5 Å². The monoisotopic (exact) mass is 533 g/mol. The van der Waals surface area contributed by atoms with E-state index in [1.165, 1.54) is 6.33 Å². The predicted octanol–water partition coefficient (Wildman–Crippen LogP) is 5.22. The number of hydrogen-bond donors (Lipinski definition) is 1. The summed E-state index contributed by atoms with van der Waals surface area (Å²) in [6.45, 7) is -1.65. The van der Waals surface area contributed by atoms with E-state index in [1.54, 1.807) is 30.8 Å². The van der Waals surface area contributed by atoms with Crippen molar-refractivity contribution in [1.82, 2.24) is 25.1 Å². The average molecular weight is 534 g/mol. The first-order chi connectivity index (χ1) is 19.2. The molecule has 0 saturated carbocycles. The summed E-state index contributed by atoms with van der Waals surface area (Å²) in [7, 11) is 1.75. The molecule has 1 unspecified atom stereocenters. The fraction of sp³-hybridized carbons (Fsp3) is 0.308. The second-order valence-corrected chi connectivity index (χ2v) is 8.56. The summed E-state index contributed by atoms with van der Waals surface area (Å²) >= 11 is 6.34. The maximum Gasteiger partial charge on any atom is 0.246 e. The van der Waals surface area contributed by atoms with Gasteiger partial charge in [0.15, 0.2) is 12.2 Å². The van der Waals surface area contributed by atoms with Gasteiger partial charge in [0.2, 0.25) is 5.91 Å². The van der Waals surface area contributed by atoms with E-state index in [1.807, 2.05) is 17.4 Å². The average Bonchev–Trinajstić information content (AvgIpc) is 3.31. The van der Waals surface area contributed by atoms with Crippen LogP contribution >= 0.6 is 11.6 Å². The Morgan fingerprint density at radius 3 is 2.86 bits per heavy atom. The molecule has 4 aromatic rings. The molecule has 0 fully saturated rings. The van der Waals surface area contributed by atoms with Gasteiger partial charge in [-0.3, -0.25) is 4.79 Å². The molecule has 8 nitrogen and oxygen atoms in total. The zero-order valence-electron chi connectivity index (χ0n) is 24.2. The lowest BCUT2D eigenvalue weighted by atomic mass is 10.0. The lowest BCUT2D eigenvalue weighted by molar-refractivity contribution is -0.132. The second kappa shape index (κ2) is 11.2. The number of halogens is 3. The van der Waals surface area contributed by atoms with Crippen molar-refractivity contribution >= 4 is 28.4 Å². The summed E-state index contributed by atoms with van der Waals surface area (Å²) in [5.41, 5.74) is 1.35. The third-order valence-electron chi connectivity index (χ3n) is 5.39. The van der Waals surface area contributed by atoms with Crippen molar-refractivity contribution in [2.45, 2.75) is 39.7 Å². The van der Waals surface area contributed by atoms with E-state index < -0.39 is 49.7 Å². The van der Waals surface area contributed by atoms with Crippen LogP contribution in [0.1, 0.15) is 42.1 Å². The normalized spacial score (nSPS) is 15.7. The highest BCUT2D eigenvalue weighted by molar-refractivity contribution is 6.31. The van der Waals surface area contributed by atoms with Crippen LogP contribution in [0.5, 0.6) is 5.75 Å². The Kier molecular flexibility index (Phi) is 6.48. The van der Waals surface area contributed by atoms with Crippen LogP contribution in [0.15, 0.2) is 42.7 Å². The van der Waals surface area contributed by atoms with E-state index in [-0.39, 0.29) is 10.6 Å². The quantitative estimate of drug-likeness (QED) is 0.317. The SMILES string of the molecule is [2H]C([2H])([2H])[C@]([2H])(NC(=O)COC(C)F)c1cc(F)cc(Cl)c1COc1cccc2c(-c3ncnn3C)cc(C)nc12. The van der Waals surface area contributed by atoms with E-state index in [0.29, 0.717) is 28.2 Å². The van der Waals surface area contributed by atoms with Gasteiger partial charge in [-0.25, -0.2) is 23.4 Å². The molecule has 0 aliphatic carbocycles. The first kappa shape index (κ1) is 21.5. The van der Waals surface area contributed by atoms with Gasteiger partial charge in [0.1, 0.15) is 36.6 Å². The Morgan fingerprint density at radius 2 is 2.16 bits per heavy atom. The van der Waals surface area contributed by atoms with E-state index in [9.17, 15) is 13.6 Å². The van der Waals surface area contributed by atoms with Crippen molar-refractivity contribution in [3.05, 3.63) is 70.4 Å². The van der Waals surface area contributed by atoms with Crippen LogP contribution in [0.3, 0.4) is 0 Å². The van der Waals surface area contributed by atoms with Crippen LogP contribution in [0.2, 0.25) is 5.02 Å². The molecule has 37 heavy (non-hydrogen) atoms. The number of fused-ring (bicyclic) bond motifs is 1. The zero-order valence-corrected chi connectivity index (χ0v) is 20.9. The standard InChI is InChI=1S/C26H26ClF2N5O3/c1-14-8-20(26-30-13-31-34(26)4)18-6-5-7-23(25(18)32-14)37-11-21-19(9-17(29)10-22(21)27)15(2)33-24(35)12-36-16(3)28/h5-10,13,15-16H,11-12H2,1-4H3,(H,33,35)/t15-,16?/m0/s1/i2D3,15D. The third-order valence-corrected chi connectivity index (χ3v) is 5.73. The van der Waals surface area contributed by atoms with Crippen molar-refractivity contribution in [3.8, 4) is 17.1 Å². The number of alkyl halides is 1. The first-order valence-electron chi connectivity index (χ1n) is 13.1. The summed E-state index contributed by atoms with van der Waals surface area (Å²) in [5.74, 6) is -1.15. The predicted molar refractivity (Wildman–Crippen MR) is 135 cm³/mol. The molecule has 0 radical (unpaired) electrons. The number of nitrogens with zero attached hydrogens (tertiary/aromatic N) is 4. The van der Waals surface area contributed by atoms with Gasteiger partial charge < -0.3 is 14.8 Å². The Bertz CT molecular complexity index is 1600. The summed E-state index contributed by atoms with van der Waals surface area (Å²) < 4.78 is 72.6. The topological polar surface area (TPSA) is 91.2 Å². The highest BCUT2D eigenvalue weighted by atomic mass is 35.5. The number of pyridine rings is 1. The molecule has 2 heterocycles. The van der Waals surface area contributed by atoms with Gasteiger partial charge in [0, 0.05) is 33.4 Å². The molecule has 2 aromatic heterocycles. The van der Waals surface area contributed by atoms with Gasteiger partial charge in [-0.15, -0.1) is 0 Å². The molecule has 0 spiro atoms. The molecule has 0 saturated heterocycles. The molecule has 2 aromatic carbocycles. The van der Waals surface area contributed by atoms with Crippen LogP contribution in [0, 0.1) is 12.7 Å². The van der Waals surface area contributed by atoms with Crippen LogP contribution in [-0.2, 0) is 23.2 Å². The molecule has 194 valence electrons. The maximum atomic E-state index is 14.5. The molecular formula is C26H26ClF2N5O3. The van der Waals surface area contributed by atoms with Gasteiger partial charge in [-0.1, -0.05) is 23.7 Å². The molecule has 0 bridgehead atoms. The minimum Gasteiger partial charge on any atom is -0.487 e. The lowest BCUT2D eigenvalue weighted by Gasteiger charge is -2.20. The molecule has 4 rings (SSSR count). The number of carbonyl (C=O) groups excluding carboxylic acids is 1. The number of nitrogens with one attached hydrogen (secondary N) is 1. The number of carbonyl (C=O) groups is 1. The van der Waals surface area contributed by atoms with E-state index in [2.05, 4.69) is 19.8 Å². The molecule has 1 N–H and O–H groups in total. The number of amides is 1. The number of rotatable bonds is 9. The molecule has 11 heteroatoms. The summed E-state index contributed by atoms with van der Waals surface area (Å²) in [5, 5.41) is 6.62. The van der Waals surface area contributed by atoms with Crippen molar-refractivity contribution in [2.75, 3.05) is 6.61 Å².